The fourth-order valence-corrected chi connectivity index (χ4v) is 3.36. The highest BCUT2D eigenvalue weighted by Crippen LogP contribution is 2.29. The number of nitrogens with one attached hydrogen (secondary N) is 2. The number of nitrogens with zero attached hydrogens (tertiary/aromatic N) is 2. The van der Waals surface area contributed by atoms with Crippen LogP contribution in [0.4, 0.5) is 4.39 Å². The van der Waals surface area contributed by atoms with E-state index in [-0.39, 0.29) is 29.2 Å². The smallest absolute Gasteiger partial charge is 0.327 e. The molecule has 2 N–H and O–H groups in total. The van der Waals surface area contributed by atoms with E-state index in [4.69, 9.17) is 0 Å². The van der Waals surface area contributed by atoms with E-state index < -0.39 is 5.82 Å². The molecule has 0 bridgehead atoms. The molecule has 1 amide bonds. The maximum absolute atomic E-state index is 14.5. The predicted molar refractivity (Wildman–Crippen MR) is 106 cm³/mol. The summed E-state index contributed by atoms with van der Waals surface area (Å²) in [6, 6.07) is 4.96. The fraction of sp³-hybridized carbons (Fsp3) is 0.381. The molecule has 1 aliphatic carbocycles. The lowest BCUT2D eigenvalue weighted by Gasteiger charge is -2.12. The quantitative estimate of drug-likeness (QED) is 0.706. The minimum atomic E-state index is -0.441. The molecular weight excluding hydrogens is 359 g/mol. The van der Waals surface area contributed by atoms with Crippen molar-refractivity contribution < 1.29 is 9.18 Å². The molecule has 2 heterocycles. The normalized spacial score (nSPS) is 15.0. The van der Waals surface area contributed by atoms with Gasteiger partial charge in [0.15, 0.2) is 5.65 Å². The Labute approximate surface area is 161 Å². The molecule has 6 nitrogen and oxygen atoms in total. The molecule has 1 fully saturated rings. The summed E-state index contributed by atoms with van der Waals surface area (Å²) in [4.78, 5) is 32.0. The zero-order valence-corrected chi connectivity index (χ0v) is 16.2. The first-order valence-corrected chi connectivity index (χ1v) is 9.60. The van der Waals surface area contributed by atoms with Crippen LogP contribution in [0.25, 0.3) is 22.3 Å². The Kier molecular flexibility index (Phi) is 4.53. The molecular formula is C21H23FN4O2. The molecule has 3 aromatic rings. The number of hydrogen-bond acceptors (Lipinski definition) is 3. The van der Waals surface area contributed by atoms with Gasteiger partial charge < -0.3 is 10.3 Å². The van der Waals surface area contributed by atoms with Gasteiger partial charge in [-0.1, -0.05) is 6.92 Å². The van der Waals surface area contributed by atoms with Crippen LogP contribution in [0.3, 0.4) is 0 Å². The van der Waals surface area contributed by atoms with E-state index in [1.54, 1.807) is 29.8 Å². The first-order valence-electron chi connectivity index (χ1n) is 9.60. The zero-order valence-electron chi connectivity index (χ0n) is 16.2. The number of hydrogen-bond donors (Lipinski definition) is 2. The van der Waals surface area contributed by atoms with E-state index >= 15 is 0 Å². The molecule has 1 unspecified atom stereocenters. The fourth-order valence-electron chi connectivity index (χ4n) is 3.36. The van der Waals surface area contributed by atoms with Crippen molar-refractivity contribution in [2.45, 2.75) is 52.1 Å². The van der Waals surface area contributed by atoms with E-state index in [0.29, 0.717) is 27.9 Å². The van der Waals surface area contributed by atoms with E-state index in [9.17, 15) is 14.0 Å². The van der Waals surface area contributed by atoms with Gasteiger partial charge in [-0.2, -0.15) is 0 Å². The van der Waals surface area contributed by atoms with Gasteiger partial charge in [-0.05, 0) is 62.4 Å². The van der Waals surface area contributed by atoms with Crippen molar-refractivity contribution in [2.75, 3.05) is 0 Å². The summed E-state index contributed by atoms with van der Waals surface area (Å²) in [5, 5.41) is 2.88. The van der Waals surface area contributed by atoms with Gasteiger partial charge in [0.2, 0.25) is 0 Å². The third kappa shape index (κ3) is 3.21. The Hall–Kier alpha value is -2.96. The number of carbonyl (C=O) groups is 1. The van der Waals surface area contributed by atoms with Gasteiger partial charge in [0.1, 0.15) is 5.82 Å². The average molecular weight is 382 g/mol. The lowest BCUT2D eigenvalue weighted by molar-refractivity contribution is 0.0950. The molecule has 0 aliphatic heterocycles. The number of pyridine rings is 1. The van der Waals surface area contributed by atoms with Gasteiger partial charge >= 0.3 is 5.69 Å². The minimum Gasteiger partial charge on any atom is -0.349 e. The van der Waals surface area contributed by atoms with Crippen LogP contribution in [0.1, 0.15) is 55.1 Å². The average Bonchev–Trinajstić information content (AvgIpc) is 3.42. The Morgan fingerprint density at radius 1 is 1.39 bits per heavy atom. The van der Waals surface area contributed by atoms with Gasteiger partial charge in [-0.15, -0.1) is 0 Å². The number of fused-ring (bicyclic) bond motifs is 1. The molecule has 1 saturated carbocycles. The summed E-state index contributed by atoms with van der Waals surface area (Å²) < 4.78 is 16.1. The van der Waals surface area contributed by atoms with Crippen molar-refractivity contribution in [3.05, 3.63) is 51.8 Å². The Bertz CT molecular complexity index is 1130. The summed E-state index contributed by atoms with van der Waals surface area (Å²) in [7, 11) is 0. The molecule has 0 radical (unpaired) electrons. The number of rotatable bonds is 5. The summed E-state index contributed by atoms with van der Waals surface area (Å²) in [6.45, 7) is 5.64. The number of carbonyl (C=O) groups excluding carboxylic acids is 1. The first kappa shape index (κ1) is 18.4. The van der Waals surface area contributed by atoms with Crippen molar-refractivity contribution >= 4 is 17.1 Å². The highest BCUT2D eigenvalue weighted by Gasteiger charge is 2.25. The number of imidazole rings is 1. The second-order valence-corrected chi connectivity index (χ2v) is 7.53. The van der Waals surface area contributed by atoms with E-state index in [2.05, 4.69) is 15.3 Å². The monoisotopic (exact) mass is 382 g/mol. The van der Waals surface area contributed by atoms with Crippen LogP contribution in [0, 0.1) is 12.7 Å². The van der Waals surface area contributed by atoms with Crippen LogP contribution >= 0.6 is 0 Å². The number of aromatic amines is 1. The highest BCUT2D eigenvalue weighted by molar-refractivity contribution is 5.96. The topological polar surface area (TPSA) is 79.8 Å². The molecule has 1 atom stereocenters. The van der Waals surface area contributed by atoms with Crippen molar-refractivity contribution in [1.29, 1.82) is 0 Å². The standard InChI is InChI=1S/C21H23FN4O2/c1-4-11(2)26-19-18(25-21(26)28)9-14(10-23-19)16-7-13(8-17(22)12(16)3)20(27)24-15-5-6-15/h7-11,15H,4-6H2,1-3H3,(H,24,27)(H,25,28). The van der Waals surface area contributed by atoms with Crippen molar-refractivity contribution in [1.82, 2.24) is 19.9 Å². The molecule has 0 saturated heterocycles. The third-order valence-electron chi connectivity index (χ3n) is 5.42. The number of halogens is 1. The molecule has 7 heteroatoms. The lowest BCUT2D eigenvalue weighted by Crippen LogP contribution is -2.25. The maximum atomic E-state index is 14.5. The number of H-pyrrole nitrogens is 1. The number of aromatic nitrogens is 3. The molecule has 1 aromatic carbocycles. The van der Waals surface area contributed by atoms with Gasteiger partial charge in [0.25, 0.3) is 5.91 Å². The van der Waals surface area contributed by atoms with Gasteiger partial charge in [-0.3, -0.25) is 9.36 Å². The summed E-state index contributed by atoms with van der Waals surface area (Å²) in [5.41, 5.74) is 2.92. The predicted octanol–water partition coefficient (Wildman–Crippen LogP) is 3.70. The molecule has 28 heavy (non-hydrogen) atoms. The van der Waals surface area contributed by atoms with Crippen LogP contribution in [0.2, 0.25) is 0 Å². The molecule has 2 aromatic heterocycles. The van der Waals surface area contributed by atoms with Crippen LogP contribution in [0.15, 0.2) is 29.2 Å². The van der Waals surface area contributed by atoms with Crippen molar-refractivity contribution in [2.24, 2.45) is 0 Å². The van der Waals surface area contributed by atoms with Crippen LogP contribution < -0.4 is 11.0 Å². The Balaban J connectivity index is 1.79. The lowest BCUT2D eigenvalue weighted by atomic mass is 9.98. The van der Waals surface area contributed by atoms with Gasteiger partial charge in [0.05, 0.1) is 5.52 Å². The molecule has 1 aliphatic rings. The summed E-state index contributed by atoms with van der Waals surface area (Å²) in [6.07, 6.45) is 4.36. The van der Waals surface area contributed by atoms with Crippen LogP contribution in [0.5, 0.6) is 0 Å². The summed E-state index contributed by atoms with van der Waals surface area (Å²) >= 11 is 0. The minimum absolute atomic E-state index is 0.0215. The number of benzene rings is 1. The maximum Gasteiger partial charge on any atom is 0.327 e. The molecule has 0 spiro atoms. The second kappa shape index (κ2) is 6.89. The van der Waals surface area contributed by atoms with E-state index in [1.165, 1.54) is 6.07 Å². The first-order chi connectivity index (χ1) is 13.4. The largest absolute Gasteiger partial charge is 0.349 e. The second-order valence-electron chi connectivity index (χ2n) is 7.53. The van der Waals surface area contributed by atoms with Gasteiger partial charge in [0, 0.05) is 29.4 Å². The van der Waals surface area contributed by atoms with E-state index in [1.807, 2.05) is 13.8 Å². The zero-order chi connectivity index (χ0) is 20.0. The van der Waals surface area contributed by atoms with Crippen LogP contribution in [-0.4, -0.2) is 26.5 Å². The third-order valence-corrected chi connectivity index (χ3v) is 5.42. The SMILES string of the molecule is CCC(C)n1c(=O)[nH]c2cc(-c3cc(C(=O)NC4CC4)cc(F)c3C)cnc21. The summed E-state index contributed by atoms with van der Waals surface area (Å²) in [5.74, 6) is -0.711. The number of amides is 1. The Morgan fingerprint density at radius 2 is 2.14 bits per heavy atom. The Morgan fingerprint density at radius 3 is 2.82 bits per heavy atom. The van der Waals surface area contributed by atoms with Crippen molar-refractivity contribution in [3.63, 3.8) is 0 Å². The highest BCUT2D eigenvalue weighted by atomic mass is 19.1. The molecule has 4 rings (SSSR count). The van der Waals surface area contributed by atoms with Crippen LogP contribution in [-0.2, 0) is 0 Å². The van der Waals surface area contributed by atoms with E-state index in [0.717, 1.165) is 19.3 Å². The van der Waals surface area contributed by atoms with Gasteiger partial charge in [-0.25, -0.2) is 14.2 Å². The molecule has 146 valence electrons. The van der Waals surface area contributed by atoms with Crippen molar-refractivity contribution in [3.8, 4) is 11.1 Å².